The van der Waals surface area contributed by atoms with Gasteiger partial charge in [0.15, 0.2) is 6.10 Å². The van der Waals surface area contributed by atoms with Gasteiger partial charge in [0.05, 0.1) is 52.5 Å². The Morgan fingerprint density at radius 1 is 1.24 bits per heavy atom. The molecule has 0 radical (unpaired) electrons. The number of rotatable bonds is 11. The molecule has 0 aliphatic carbocycles. The molecule has 38 heavy (non-hydrogen) atoms. The van der Waals surface area contributed by atoms with Gasteiger partial charge >= 0.3 is 6.18 Å². The molecule has 3 rings (SSSR count). The molecule has 1 aromatic carbocycles. The highest BCUT2D eigenvalue weighted by molar-refractivity contribution is 7.19. The number of aryl methyl sites for hydroxylation is 1. The van der Waals surface area contributed by atoms with Gasteiger partial charge in [-0.05, 0) is 32.9 Å². The normalized spacial score (nSPS) is 12.3. The fourth-order valence-electron chi connectivity index (χ4n) is 3.41. The second-order valence-corrected chi connectivity index (χ2v) is 9.44. The second-order valence-electron chi connectivity index (χ2n) is 8.24. The highest BCUT2D eigenvalue weighted by Gasteiger charge is 2.38. The second kappa shape index (κ2) is 12.2. The molecular weight excluding hydrogens is 525 g/mol. The first-order valence-electron chi connectivity index (χ1n) is 11.5. The van der Waals surface area contributed by atoms with Crippen molar-refractivity contribution >= 4 is 39.1 Å². The van der Waals surface area contributed by atoms with Crippen molar-refractivity contribution in [1.29, 1.82) is 0 Å². The minimum atomic E-state index is -4.61. The predicted octanol–water partition coefficient (Wildman–Crippen LogP) is 4.91. The summed E-state index contributed by atoms with van der Waals surface area (Å²) in [6, 6.07) is 4.73. The Morgan fingerprint density at radius 2 is 1.97 bits per heavy atom. The lowest BCUT2D eigenvalue weighted by molar-refractivity contribution is -0.203. The van der Waals surface area contributed by atoms with Crippen LogP contribution in [0.2, 0.25) is 0 Å². The number of nitrogens with one attached hydrogen (secondary N) is 2. The third-order valence-corrected chi connectivity index (χ3v) is 6.02. The van der Waals surface area contributed by atoms with E-state index in [4.69, 9.17) is 14.2 Å². The first-order chi connectivity index (χ1) is 17.9. The lowest BCUT2D eigenvalue weighted by Gasteiger charge is -2.18. The number of anilines is 1. The van der Waals surface area contributed by atoms with Crippen LogP contribution in [0.25, 0.3) is 10.2 Å². The predicted molar refractivity (Wildman–Crippen MR) is 137 cm³/mol. The van der Waals surface area contributed by atoms with E-state index < -0.39 is 30.7 Å². The first-order valence-corrected chi connectivity index (χ1v) is 12.3. The van der Waals surface area contributed by atoms with Crippen LogP contribution in [0.15, 0.2) is 37.1 Å². The van der Waals surface area contributed by atoms with Gasteiger partial charge in [-0.1, -0.05) is 6.08 Å². The monoisotopic (exact) mass is 552 g/mol. The van der Waals surface area contributed by atoms with Crippen molar-refractivity contribution < 1.29 is 37.0 Å². The topological polar surface area (TPSA) is 112 Å². The van der Waals surface area contributed by atoms with Crippen LogP contribution < -0.4 is 20.1 Å². The molecule has 2 amide bonds. The van der Waals surface area contributed by atoms with Gasteiger partial charge in [-0.25, -0.2) is 9.97 Å². The smallest absolute Gasteiger partial charge is 0.418 e. The van der Waals surface area contributed by atoms with Gasteiger partial charge < -0.3 is 24.8 Å². The fourth-order valence-corrected chi connectivity index (χ4v) is 4.37. The first kappa shape index (κ1) is 28.9. The van der Waals surface area contributed by atoms with E-state index in [9.17, 15) is 22.8 Å². The zero-order valence-electron chi connectivity index (χ0n) is 21.1. The third-order valence-electron chi connectivity index (χ3n) is 5.02. The number of ether oxygens (including phenoxy) is 3. The highest BCUT2D eigenvalue weighted by atomic mass is 32.1. The minimum absolute atomic E-state index is 0.0136. The SMILES string of the molecule is C=CC(OCCNC(=O)c1cc(OC)ncc1NC(=O)c1c(OC(C)C)ccc2nc(C)sc12)C(F)(F)F. The molecule has 3 aromatic rings. The van der Waals surface area contributed by atoms with Gasteiger partial charge in [-0.15, -0.1) is 17.9 Å². The molecular formula is C25H27F3N4O5S. The van der Waals surface area contributed by atoms with E-state index in [-0.39, 0.29) is 35.3 Å². The maximum absolute atomic E-state index is 13.5. The molecule has 1 unspecified atom stereocenters. The van der Waals surface area contributed by atoms with Crippen molar-refractivity contribution in [2.24, 2.45) is 0 Å². The quantitative estimate of drug-likeness (QED) is 0.257. The summed E-state index contributed by atoms with van der Waals surface area (Å²) in [4.78, 5) is 34.9. The van der Waals surface area contributed by atoms with E-state index in [1.807, 2.05) is 20.8 Å². The maximum Gasteiger partial charge on any atom is 0.418 e. The lowest BCUT2D eigenvalue weighted by Crippen LogP contribution is -2.34. The Morgan fingerprint density at radius 3 is 2.61 bits per heavy atom. The standard InChI is InChI=1S/C25H27F3N4O5S/c1-6-19(25(26,27)28)36-10-9-29-23(33)15-11-20(35-5)30-12-17(15)32-24(34)21-18(37-13(2)3)8-7-16-22(21)38-14(4)31-16/h6-8,11-13,19H,1,9-10H2,2-5H3,(H,29,33)(H,32,34). The summed E-state index contributed by atoms with van der Waals surface area (Å²) in [6.45, 7) is 7.93. The number of alkyl halides is 3. The summed E-state index contributed by atoms with van der Waals surface area (Å²) in [6.07, 6.45) is -5.10. The number of carbonyl (C=O) groups is 2. The number of nitrogens with zero attached hydrogens (tertiary/aromatic N) is 2. The van der Waals surface area contributed by atoms with E-state index in [2.05, 4.69) is 27.2 Å². The largest absolute Gasteiger partial charge is 0.490 e. The molecule has 2 aromatic heterocycles. The van der Waals surface area contributed by atoms with Crippen molar-refractivity contribution in [3.8, 4) is 11.6 Å². The van der Waals surface area contributed by atoms with Crippen molar-refractivity contribution in [1.82, 2.24) is 15.3 Å². The number of hydrogen-bond donors (Lipinski definition) is 2. The fraction of sp³-hybridized carbons (Fsp3) is 0.360. The van der Waals surface area contributed by atoms with Crippen LogP contribution in [0.5, 0.6) is 11.6 Å². The Kier molecular flexibility index (Phi) is 9.28. The van der Waals surface area contributed by atoms with E-state index >= 15 is 0 Å². The Balaban J connectivity index is 1.85. The van der Waals surface area contributed by atoms with E-state index in [0.29, 0.717) is 22.0 Å². The van der Waals surface area contributed by atoms with Crippen molar-refractivity contribution in [3.05, 3.63) is 53.2 Å². The third kappa shape index (κ3) is 6.98. The molecule has 13 heteroatoms. The maximum atomic E-state index is 13.5. The van der Waals surface area contributed by atoms with Gasteiger partial charge in [-0.3, -0.25) is 9.59 Å². The molecule has 0 bridgehead atoms. The lowest BCUT2D eigenvalue weighted by atomic mass is 10.1. The average Bonchev–Trinajstić information content (AvgIpc) is 3.22. The molecule has 0 aliphatic heterocycles. The molecule has 9 nitrogen and oxygen atoms in total. The molecule has 2 heterocycles. The number of thiazole rings is 1. The summed E-state index contributed by atoms with van der Waals surface area (Å²) < 4.78 is 54.7. The number of halogens is 3. The molecule has 2 N–H and O–H groups in total. The van der Waals surface area contributed by atoms with Crippen molar-refractivity contribution in [3.63, 3.8) is 0 Å². The number of methoxy groups -OCH3 is 1. The highest BCUT2D eigenvalue weighted by Crippen LogP contribution is 2.34. The van der Waals surface area contributed by atoms with Crippen LogP contribution in [-0.2, 0) is 4.74 Å². The summed E-state index contributed by atoms with van der Waals surface area (Å²) in [5.41, 5.74) is 0.916. The average molecular weight is 553 g/mol. The molecule has 0 fully saturated rings. The van der Waals surface area contributed by atoms with Crippen LogP contribution >= 0.6 is 11.3 Å². The number of fused-ring (bicyclic) bond motifs is 1. The Hall–Kier alpha value is -3.71. The van der Waals surface area contributed by atoms with Gasteiger partial charge in [0, 0.05) is 12.6 Å². The summed E-state index contributed by atoms with van der Waals surface area (Å²) >= 11 is 1.33. The molecule has 0 saturated carbocycles. The number of carbonyl (C=O) groups excluding carboxylic acids is 2. The van der Waals surface area contributed by atoms with E-state index in [1.165, 1.54) is 30.7 Å². The Labute approximate surface area is 221 Å². The summed E-state index contributed by atoms with van der Waals surface area (Å²) in [5.74, 6) is -0.799. The van der Waals surface area contributed by atoms with Crippen LogP contribution in [-0.4, -0.2) is 60.4 Å². The van der Waals surface area contributed by atoms with Crippen LogP contribution in [0, 0.1) is 6.92 Å². The molecule has 0 saturated heterocycles. The number of benzene rings is 1. The molecule has 0 spiro atoms. The number of amides is 2. The van der Waals surface area contributed by atoms with Crippen LogP contribution in [0.4, 0.5) is 18.9 Å². The van der Waals surface area contributed by atoms with Crippen LogP contribution in [0.1, 0.15) is 39.6 Å². The number of pyridine rings is 1. The molecule has 1 atom stereocenters. The summed E-state index contributed by atoms with van der Waals surface area (Å²) in [5, 5.41) is 5.93. The Bertz CT molecular complexity index is 1330. The van der Waals surface area contributed by atoms with E-state index in [1.54, 1.807) is 12.1 Å². The zero-order valence-corrected chi connectivity index (χ0v) is 22.0. The molecule has 204 valence electrons. The number of aromatic nitrogens is 2. The van der Waals surface area contributed by atoms with Gasteiger partial charge in [0.2, 0.25) is 5.88 Å². The van der Waals surface area contributed by atoms with Gasteiger partial charge in [-0.2, -0.15) is 13.2 Å². The molecule has 0 aliphatic rings. The zero-order chi connectivity index (χ0) is 28.0. The van der Waals surface area contributed by atoms with Gasteiger partial charge in [0.25, 0.3) is 11.8 Å². The van der Waals surface area contributed by atoms with Crippen molar-refractivity contribution in [2.45, 2.75) is 39.2 Å². The van der Waals surface area contributed by atoms with Crippen molar-refractivity contribution in [2.75, 3.05) is 25.6 Å². The summed E-state index contributed by atoms with van der Waals surface area (Å²) in [7, 11) is 1.35. The minimum Gasteiger partial charge on any atom is -0.490 e. The van der Waals surface area contributed by atoms with E-state index in [0.717, 1.165) is 5.01 Å². The van der Waals surface area contributed by atoms with Gasteiger partial charge in [0.1, 0.15) is 11.3 Å². The van der Waals surface area contributed by atoms with Crippen LogP contribution in [0.3, 0.4) is 0 Å². The number of hydrogen-bond acceptors (Lipinski definition) is 8.